The van der Waals surface area contributed by atoms with Crippen molar-refractivity contribution in [1.82, 2.24) is 9.21 Å². The minimum absolute atomic E-state index is 0.0924. The van der Waals surface area contributed by atoms with Crippen molar-refractivity contribution in [1.29, 1.82) is 5.26 Å². The Bertz CT molecular complexity index is 1330. The van der Waals surface area contributed by atoms with Gasteiger partial charge in [-0.2, -0.15) is 9.57 Å². The fraction of sp³-hybridized carbons (Fsp3) is 0.333. The van der Waals surface area contributed by atoms with E-state index >= 15 is 0 Å². The molecule has 200 valence electrons. The number of piperidine rings is 1. The zero-order chi connectivity index (χ0) is 27.8. The largest absolute Gasteiger partial charge is 0.478 e. The molecule has 0 aliphatic carbocycles. The lowest BCUT2D eigenvalue weighted by molar-refractivity contribution is -0.134. The van der Waals surface area contributed by atoms with Crippen LogP contribution in [0.4, 0.5) is 0 Å². The third-order valence-corrected chi connectivity index (χ3v) is 8.53. The maximum atomic E-state index is 12.8. The fourth-order valence-electron chi connectivity index (χ4n) is 4.58. The van der Waals surface area contributed by atoms with Crippen molar-refractivity contribution < 1.29 is 33.0 Å². The van der Waals surface area contributed by atoms with Gasteiger partial charge in [0.1, 0.15) is 0 Å². The number of aliphatic carboxylic acids is 2. The molecular formula is C27H29N3O7S. The molecule has 4 rings (SSSR count). The topological polar surface area (TPSA) is 156 Å². The molecule has 0 spiro atoms. The lowest BCUT2D eigenvalue weighted by Gasteiger charge is -2.38. The molecule has 0 unspecified atom stereocenters. The number of fused-ring (bicyclic) bond motifs is 1. The van der Waals surface area contributed by atoms with Gasteiger partial charge in [0.05, 0.1) is 22.9 Å². The van der Waals surface area contributed by atoms with Gasteiger partial charge in [0.15, 0.2) is 5.78 Å². The summed E-state index contributed by atoms with van der Waals surface area (Å²) in [5.74, 6) is -2.67. The number of hydrogen-bond donors (Lipinski definition) is 2. The number of sulfonamides is 1. The highest BCUT2D eigenvalue weighted by molar-refractivity contribution is 7.89. The quantitative estimate of drug-likeness (QED) is 0.505. The number of rotatable bonds is 7. The molecule has 2 aromatic rings. The Morgan fingerprint density at radius 1 is 0.947 bits per heavy atom. The predicted octanol–water partition coefficient (Wildman–Crippen LogP) is 2.53. The third-order valence-electron chi connectivity index (χ3n) is 6.63. The number of nitrogens with zero attached hydrogens (tertiary/aromatic N) is 3. The summed E-state index contributed by atoms with van der Waals surface area (Å²) < 4.78 is 27.0. The number of nitriles is 1. The first kappa shape index (κ1) is 28.7. The summed E-state index contributed by atoms with van der Waals surface area (Å²) in [6.07, 6.45) is 3.30. The van der Waals surface area contributed by atoms with Crippen LogP contribution in [0.1, 0.15) is 35.2 Å². The number of ketones is 1. The zero-order valence-corrected chi connectivity index (χ0v) is 21.5. The highest BCUT2D eigenvalue weighted by Crippen LogP contribution is 2.35. The van der Waals surface area contributed by atoms with Crippen LogP contribution < -0.4 is 0 Å². The first-order chi connectivity index (χ1) is 18.1. The van der Waals surface area contributed by atoms with E-state index in [9.17, 15) is 28.1 Å². The Morgan fingerprint density at radius 2 is 1.53 bits per heavy atom. The molecule has 1 saturated heterocycles. The Hall–Kier alpha value is -3.85. The summed E-state index contributed by atoms with van der Waals surface area (Å²) in [4.78, 5) is 33.8. The van der Waals surface area contributed by atoms with Crippen LogP contribution in [0.2, 0.25) is 0 Å². The van der Waals surface area contributed by atoms with E-state index in [1.54, 1.807) is 18.2 Å². The number of carboxylic acids is 2. The monoisotopic (exact) mass is 539 g/mol. The molecule has 0 atom stereocenters. The lowest BCUT2D eigenvalue weighted by Crippen LogP contribution is -2.44. The van der Waals surface area contributed by atoms with Crippen LogP contribution in [-0.2, 0) is 25.0 Å². The van der Waals surface area contributed by atoms with E-state index in [-0.39, 0.29) is 17.2 Å². The molecule has 0 saturated carbocycles. The van der Waals surface area contributed by atoms with Crippen LogP contribution in [0, 0.1) is 11.3 Å². The number of carbonyl (C=O) groups is 3. The van der Waals surface area contributed by atoms with Gasteiger partial charge in [-0.15, -0.1) is 0 Å². The number of carbonyl (C=O) groups excluding carboxylic acids is 1. The van der Waals surface area contributed by atoms with Gasteiger partial charge in [0.2, 0.25) is 10.0 Å². The summed E-state index contributed by atoms with van der Waals surface area (Å²) >= 11 is 0. The maximum Gasteiger partial charge on any atom is 0.328 e. The molecule has 2 heterocycles. The number of benzene rings is 2. The van der Waals surface area contributed by atoms with Gasteiger partial charge in [0, 0.05) is 24.3 Å². The molecule has 2 aromatic carbocycles. The molecule has 0 aromatic heterocycles. The second-order valence-corrected chi connectivity index (χ2v) is 10.9. The fourth-order valence-corrected chi connectivity index (χ4v) is 6.23. The van der Waals surface area contributed by atoms with Crippen molar-refractivity contribution >= 4 is 27.7 Å². The molecule has 2 N–H and O–H groups in total. The molecule has 2 aliphatic heterocycles. The minimum Gasteiger partial charge on any atom is -0.478 e. The van der Waals surface area contributed by atoms with E-state index in [2.05, 4.69) is 11.0 Å². The van der Waals surface area contributed by atoms with E-state index < -0.39 is 27.4 Å². The minimum atomic E-state index is -3.63. The standard InChI is InChI=1S/C23H25N3O3S.C4H4O4/c24-18-23(19-7-2-1-3-8-19)11-15-25(16-12-23)13-6-14-26-17-21(27)20-9-4-5-10-22(20)30(26,28)29;5-3(6)1-2-4(7)8/h1-5,7-10H,6,11-17H2;1-2H,(H,5,6)(H,7,8). The molecular weight excluding hydrogens is 510 g/mol. The van der Waals surface area contributed by atoms with E-state index in [1.807, 2.05) is 30.3 Å². The summed E-state index contributed by atoms with van der Waals surface area (Å²) in [6, 6.07) is 18.9. The molecule has 1 fully saturated rings. The van der Waals surface area contributed by atoms with Crippen LogP contribution in [-0.4, -0.2) is 78.3 Å². The van der Waals surface area contributed by atoms with E-state index in [4.69, 9.17) is 10.2 Å². The van der Waals surface area contributed by atoms with Crippen molar-refractivity contribution in [3.63, 3.8) is 0 Å². The molecule has 11 heteroatoms. The Kier molecular flexibility index (Phi) is 9.52. The van der Waals surface area contributed by atoms with E-state index in [0.29, 0.717) is 30.7 Å². The number of carboxylic acid groups (broad SMARTS) is 2. The van der Waals surface area contributed by atoms with Gasteiger partial charge < -0.3 is 15.1 Å². The Labute approximate surface area is 221 Å². The second-order valence-electron chi connectivity index (χ2n) is 9.02. The smallest absolute Gasteiger partial charge is 0.328 e. The van der Waals surface area contributed by atoms with Crippen molar-refractivity contribution in [2.45, 2.75) is 29.6 Å². The van der Waals surface area contributed by atoms with Crippen LogP contribution >= 0.6 is 0 Å². The molecule has 0 radical (unpaired) electrons. The predicted molar refractivity (Wildman–Crippen MR) is 138 cm³/mol. The van der Waals surface area contributed by atoms with Crippen LogP contribution in [0.15, 0.2) is 71.6 Å². The SMILES string of the molecule is N#CC1(c2ccccc2)CCN(CCCN2CC(=O)c3ccccc3S2(=O)=O)CC1.O=C(O)C=CC(=O)O. The van der Waals surface area contributed by atoms with Crippen molar-refractivity contribution in [3.05, 3.63) is 77.9 Å². The van der Waals surface area contributed by atoms with E-state index in [1.165, 1.54) is 10.4 Å². The van der Waals surface area contributed by atoms with Gasteiger partial charge in [-0.25, -0.2) is 18.0 Å². The summed E-state index contributed by atoms with van der Waals surface area (Å²) in [5.41, 5.74) is 0.923. The number of likely N-dealkylation sites (tertiary alicyclic amines) is 1. The lowest BCUT2D eigenvalue weighted by atomic mass is 9.74. The van der Waals surface area contributed by atoms with E-state index in [0.717, 1.165) is 38.0 Å². The van der Waals surface area contributed by atoms with Crippen molar-refractivity contribution in [3.8, 4) is 6.07 Å². The summed E-state index contributed by atoms with van der Waals surface area (Å²) in [6.45, 7) is 2.58. The first-order valence-electron chi connectivity index (χ1n) is 12.0. The Balaban J connectivity index is 0.000000436. The average molecular weight is 540 g/mol. The van der Waals surface area contributed by atoms with Crippen LogP contribution in [0.5, 0.6) is 0 Å². The number of Topliss-reactive ketones (excluding diaryl/α,β-unsaturated/α-hetero) is 1. The average Bonchev–Trinajstić information content (AvgIpc) is 2.92. The molecule has 0 amide bonds. The van der Waals surface area contributed by atoms with Crippen LogP contribution in [0.3, 0.4) is 0 Å². The van der Waals surface area contributed by atoms with Gasteiger partial charge in [-0.1, -0.05) is 42.5 Å². The third kappa shape index (κ3) is 6.92. The van der Waals surface area contributed by atoms with Gasteiger partial charge in [0.25, 0.3) is 0 Å². The highest BCUT2D eigenvalue weighted by Gasteiger charge is 2.37. The van der Waals surface area contributed by atoms with Gasteiger partial charge in [-0.05, 0) is 56.6 Å². The maximum absolute atomic E-state index is 12.8. The van der Waals surface area contributed by atoms with Crippen LogP contribution in [0.25, 0.3) is 0 Å². The summed E-state index contributed by atoms with van der Waals surface area (Å²) in [7, 11) is -3.63. The first-order valence-corrected chi connectivity index (χ1v) is 13.5. The second kappa shape index (κ2) is 12.6. The molecule has 2 aliphatic rings. The van der Waals surface area contributed by atoms with Crippen molar-refractivity contribution in [2.24, 2.45) is 0 Å². The van der Waals surface area contributed by atoms with Gasteiger partial charge >= 0.3 is 11.9 Å². The van der Waals surface area contributed by atoms with Crippen molar-refractivity contribution in [2.75, 3.05) is 32.7 Å². The van der Waals surface area contributed by atoms with Gasteiger partial charge in [-0.3, -0.25) is 4.79 Å². The Morgan fingerprint density at radius 3 is 2.11 bits per heavy atom. The highest BCUT2D eigenvalue weighted by atomic mass is 32.2. The molecule has 0 bridgehead atoms. The normalized spacial score (nSPS) is 18.6. The molecule has 38 heavy (non-hydrogen) atoms. The summed E-state index contributed by atoms with van der Waals surface area (Å²) in [5, 5.41) is 25.4. The number of hydrogen-bond acceptors (Lipinski definition) is 7. The molecule has 10 nitrogen and oxygen atoms in total. The zero-order valence-electron chi connectivity index (χ0n) is 20.7.